The lowest BCUT2D eigenvalue weighted by Crippen LogP contribution is -2.39. The lowest BCUT2D eigenvalue weighted by atomic mass is 9.75. The number of esters is 2. The summed E-state index contributed by atoms with van der Waals surface area (Å²) >= 11 is 0. The molecule has 0 spiro atoms. The molecule has 1 aliphatic heterocycles. The van der Waals surface area contributed by atoms with Gasteiger partial charge in [-0.15, -0.1) is 0 Å². The predicted molar refractivity (Wildman–Crippen MR) is 165 cm³/mol. The van der Waals surface area contributed by atoms with Crippen LogP contribution in [0.15, 0.2) is 21.8 Å². The van der Waals surface area contributed by atoms with E-state index in [0.29, 0.717) is 51.9 Å². The average molecular weight is 580 g/mol. The molecule has 1 aromatic rings. The molecule has 1 aromatic heterocycles. The highest BCUT2D eigenvalue weighted by Gasteiger charge is 2.38. The zero-order valence-electron chi connectivity index (χ0n) is 27.0. The third-order valence-electron chi connectivity index (χ3n) is 9.51. The zero-order valence-corrected chi connectivity index (χ0v) is 27.0. The van der Waals surface area contributed by atoms with Crippen molar-refractivity contribution in [2.24, 2.45) is 40.5 Å². The third kappa shape index (κ3) is 6.57. The Morgan fingerprint density at radius 3 is 1.76 bits per heavy atom. The number of amidine groups is 1. The Hall–Kier alpha value is -3.16. The lowest BCUT2D eigenvalue weighted by molar-refractivity contribution is -0.152. The number of aliphatic imine (C=N–C) groups is 1. The van der Waals surface area contributed by atoms with Crippen LogP contribution in [0.3, 0.4) is 0 Å². The van der Waals surface area contributed by atoms with E-state index in [2.05, 4.69) is 56.8 Å². The first kappa shape index (κ1) is 31.8. The number of amides is 1. The van der Waals surface area contributed by atoms with Gasteiger partial charge in [-0.1, -0.05) is 41.5 Å². The fourth-order valence-electron chi connectivity index (χ4n) is 7.79. The molecule has 2 saturated carbocycles. The molecule has 2 fully saturated rings. The summed E-state index contributed by atoms with van der Waals surface area (Å²) in [7, 11) is 0. The number of nitrogens with zero attached hydrogens (tertiary/aromatic N) is 1. The number of carbonyl (C=O) groups is 3. The van der Waals surface area contributed by atoms with Gasteiger partial charge in [0.2, 0.25) is 5.91 Å². The van der Waals surface area contributed by atoms with Gasteiger partial charge in [-0.3, -0.25) is 4.79 Å². The van der Waals surface area contributed by atoms with Crippen LogP contribution in [-0.2, 0) is 19.1 Å². The Balaban J connectivity index is 1.61. The predicted octanol–water partition coefficient (Wildman–Crippen LogP) is 6.68. The maximum absolute atomic E-state index is 13.6. The Morgan fingerprint density at radius 2 is 1.29 bits per heavy atom. The largest absolute Gasteiger partial charge is 0.458 e. The van der Waals surface area contributed by atoms with E-state index in [1.807, 2.05) is 26.8 Å². The van der Waals surface area contributed by atoms with Gasteiger partial charge in [-0.2, -0.15) is 0 Å². The number of aromatic amines is 1. The van der Waals surface area contributed by atoms with Gasteiger partial charge in [0.05, 0.1) is 11.3 Å². The second-order valence-electron chi connectivity index (χ2n) is 13.6. The molecule has 0 radical (unpaired) electrons. The molecule has 0 saturated heterocycles. The number of H-pyrrole nitrogens is 1. The monoisotopic (exact) mass is 579 g/mol. The standard InChI is InChI=1S/C34H49N3O5/c1-16-11-18(3)30(19(4)12-16)41-33(39)28-22(7)26(35-24(28)9)15-27-23(8)29(32(37-27)36-25(10)38)34(40)42-31-20(5)13-17(2)14-21(31)6/h15-21,30-31,35H,11-14H2,1-10H3,(H,36,37,38). The minimum Gasteiger partial charge on any atom is -0.458 e. The number of hydrogen-bond donors (Lipinski definition) is 2. The van der Waals surface area contributed by atoms with E-state index in [-0.39, 0.29) is 47.3 Å². The molecular formula is C34H49N3O5. The molecule has 8 heteroatoms. The van der Waals surface area contributed by atoms with E-state index in [4.69, 9.17) is 9.47 Å². The summed E-state index contributed by atoms with van der Waals surface area (Å²) in [5, 5.41) is 2.72. The van der Waals surface area contributed by atoms with Crippen molar-refractivity contribution in [1.29, 1.82) is 0 Å². The molecule has 0 bridgehead atoms. The van der Waals surface area contributed by atoms with Gasteiger partial charge in [-0.25, -0.2) is 14.6 Å². The Kier molecular flexibility index (Phi) is 9.53. The van der Waals surface area contributed by atoms with Crippen LogP contribution in [0.1, 0.15) is 108 Å². The summed E-state index contributed by atoms with van der Waals surface area (Å²) < 4.78 is 12.2. The number of allylic oxidation sites excluding steroid dienone is 1. The second-order valence-corrected chi connectivity index (χ2v) is 13.6. The first-order valence-electron chi connectivity index (χ1n) is 15.6. The fourth-order valence-corrected chi connectivity index (χ4v) is 7.79. The number of aryl methyl sites for hydroxylation is 1. The van der Waals surface area contributed by atoms with Gasteiger partial charge in [0.15, 0.2) is 0 Å². The second kappa shape index (κ2) is 12.6. The molecule has 1 amide bonds. The van der Waals surface area contributed by atoms with Gasteiger partial charge in [0.1, 0.15) is 23.6 Å². The van der Waals surface area contributed by atoms with Crippen molar-refractivity contribution >= 4 is 29.8 Å². The van der Waals surface area contributed by atoms with E-state index in [9.17, 15) is 14.4 Å². The average Bonchev–Trinajstić information content (AvgIpc) is 3.32. The number of aromatic nitrogens is 1. The number of ether oxygens (including phenoxy) is 2. The molecule has 2 N–H and O–H groups in total. The Morgan fingerprint density at radius 1 is 0.810 bits per heavy atom. The summed E-state index contributed by atoms with van der Waals surface area (Å²) in [5.74, 6) is 1.41. The highest BCUT2D eigenvalue weighted by atomic mass is 16.5. The number of nitrogens with one attached hydrogen (secondary N) is 2. The van der Waals surface area contributed by atoms with Gasteiger partial charge in [-0.05, 0) is 99.2 Å². The fraction of sp³-hybridized carbons (Fsp3) is 0.647. The molecule has 230 valence electrons. The molecule has 8 nitrogen and oxygen atoms in total. The van der Waals surface area contributed by atoms with Crippen LogP contribution in [0, 0.1) is 49.4 Å². The van der Waals surface area contributed by atoms with Crippen LogP contribution < -0.4 is 5.32 Å². The molecule has 4 rings (SSSR count). The van der Waals surface area contributed by atoms with E-state index in [1.165, 1.54) is 6.92 Å². The summed E-state index contributed by atoms with van der Waals surface area (Å²) in [6.07, 6.45) is 5.62. The maximum atomic E-state index is 13.6. The SMILES string of the molecule is CC(=O)NC1=NC(=Cc2[nH]c(C)c(C(=O)OC3C(C)CC(C)CC3C)c2C)C(C)=C1C(=O)OC1C(C)CC(C)CC1C. The van der Waals surface area contributed by atoms with E-state index in [0.717, 1.165) is 31.2 Å². The molecule has 0 aromatic carbocycles. The molecule has 3 aliphatic rings. The third-order valence-corrected chi connectivity index (χ3v) is 9.51. The van der Waals surface area contributed by atoms with Gasteiger partial charge >= 0.3 is 11.9 Å². The number of rotatable bonds is 5. The van der Waals surface area contributed by atoms with Crippen molar-refractivity contribution in [3.05, 3.63) is 39.4 Å². The zero-order chi connectivity index (χ0) is 31.0. The van der Waals surface area contributed by atoms with Gasteiger partial charge < -0.3 is 19.8 Å². The number of hydrogen-bond acceptors (Lipinski definition) is 6. The van der Waals surface area contributed by atoms with Crippen molar-refractivity contribution in [3.63, 3.8) is 0 Å². The molecule has 4 unspecified atom stereocenters. The summed E-state index contributed by atoms with van der Waals surface area (Å²) in [6, 6.07) is 0. The van der Waals surface area contributed by atoms with E-state index >= 15 is 0 Å². The van der Waals surface area contributed by atoms with Crippen LogP contribution in [0.5, 0.6) is 0 Å². The first-order chi connectivity index (χ1) is 19.7. The topological polar surface area (TPSA) is 110 Å². The van der Waals surface area contributed by atoms with Gasteiger partial charge in [0, 0.05) is 18.3 Å². The highest BCUT2D eigenvalue weighted by Crippen LogP contribution is 2.38. The molecule has 42 heavy (non-hydrogen) atoms. The summed E-state index contributed by atoms with van der Waals surface area (Å²) in [6.45, 7) is 20.0. The van der Waals surface area contributed by atoms with Crippen LogP contribution >= 0.6 is 0 Å². The number of carbonyl (C=O) groups excluding carboxylic acids is 3. The molecule has 2 aliphatic carbocycles. The van der Waals surface area contributed by atoms with Crippen molar-refractivity contribution in [2.45, 2.75) is 107 Å². The van der Waals surface area contributed by atoms with Crippen molar-refractivity contribution in [1.82, 2.24) is 10.3 Å². The summed E-state index contributed by atoms with van der Waals surface area (Å²) in [5.41, 5.74) is 4.11. The van der Waals surface area contributed by atoms with Crippen LogP contribution in [-0.4, -0.2) is 40.9 Å². The van der Waals surface area contributed by atoms with Gasteiger partial charge in [0.25, 0.3) is 0 Å². The Bertz CT molecular complexity index is 1310. The quantitative estimate of drug-likeness (QED) is 0.378. The van der Waals surface area contributed by atoms with Crippen molar-refractivity contribution in [3.8, 4) is 0 Å². The highest BCUT2D eigenvalue weighted by molar-refractivity contribution is 6.25. The van der Waals surface area contributed by atoms with Crippen molar-refractivity contribution in [2.75, 3.05) is 0 Å². The molecule has 2 heterocycles. The first-order valence-corrected chi connectivity index (χ1v) is 15.6. The van der Waals surface area contributed by atoms with Crippen molar-refractivity contribution < 1.29 is 23.9 Å². The van der Waals surface area contributed by atoms with Crippen LogP contribution in [0.2, 0.25) is 0 Å². The smallest absolute Gasteiger partial charge is 0.342 e. The minimum atomic E-state index is -0.477. The molecular weight excluding hydrogens is 530 g/mol. The van der Waals surface area contributed by atoms with Crippen LogP contribution in [0.25, 0.3) is 6.08 Å². The lowest BCUT2D eigenvalue weighted by Gasteiger charge is -2.37. The molecule has 4 atom stereocenters. The van der Waals surface area contributed by atoms with Crippen LogP contribution in [0.4, 0.5) is 0 Å². The van der Waals surface area contributed by atoms with E-state index in [1.54, 1.807) is 0 Å². The minimum absolute atomic E-state index is 0.111. The maximum Gasteiger partial charge on any atom is 0.342 e. The van der Waals surface area contributed by atoms with E-state index < -0.39 is 5.97 Å². The summed E-state index contributed by atoms with van der Waals surface area (Å²) in [4.78, 5) is 46.9. The normalized spacial score (nSPS) is 32.5. The Labute approximate surface area is 250 Å².